The van der Waals surface area contributed by atoms with Crippen molar-refractivity contribution in [2.45, 2.75) is 19.2 Å². The van der Waals surface area contributed by atoms with E-state index < -0.39 is 17.0 Å². The van der Waals surface area contributed by atoms with Gasteiger partial charge in [0.2, 0.25) is 12.4 Å². The van der Waals surface area contributed by atoms with Crippen LogP contribution in [0.2, 0.25) is 0 Å². The predicted molar refractivity (Wildman–Crippen MR) is 137 cm³/mol. The Kier molecular flexibility index (Phi) is 8.07. The second-order valence-corrected chi connectivity index (χ2v) is 9.99. The van der Waals surface area contributed by atoms with E-state index in [0.717, 1.165) is 28.9 Å². The first-order valence-corrected chi connectivity index (χ1v) is 13.1. The van der Waals surface area contributed by atoms with E-state index in [1.165, 1.54) is 0 Å². The Morgan fingerprint density at radius 3 is 2.44 bits per heavy atom. The molecule has 1 unspecified atom stereocenters. The van der Waals surface area contributed by atoms with Crippen LogP contribution in [0.25, 0.3) is 0 Å². The van der Waals surface area contributed by atoms with E-state index in [0.29, 0.717) is 55.2 Å². The van der Waals surface area contributed by atoms with E-state index in [1.807, 2.05) is 18.2 Å². The summed E-state index contributed by atoms with van der Waals surface area (Å²) in [7, 11) is 0. The number of aryl methyl sites for hydroxylation is 1. The average molecular weight is 532 g/mol. The molecule has 0 aliphatic carbocycles. The number of nitrogens with one attached hydrogen (secondary N) is 2. The van der Waals surface area contributed by atoms with Crippen LogP contribution >= 0.6 is 11.3 Å². The normalized spacial score (nSPS) is 14.4. The molecule has 1 amide bonds. The Morgan fingerprint density at radius 1 is 1.14 bits per heavy atom. The maximum Gasteiger partial charge on any atom is 0.347 e. The third kappa shape index (κ3) is 6.53. The summed E-state index contributed by atoms with van der Waals surface area (Å²) in [5.41, 5.74) is 2.13. The van der Waals surface area contributed by atoms with Crippen molar-refractivity contribution in [3.05, 3.63) is 52.0 Å². The zero-order valence-electron chi connectivity index (χ0n) is 19.4. The van der Waals surface area contributed by atoms with Crippen LogP contribution in [0.15, 0.2) is 30.3 Å². The number of carbonyl (C=O) groups is 2. The monoisotopic (exact) mass is 531 g/mol. The highest BCUT2D eigenvalue weighted by Crippen LogP contribution is 2.27. The van der Waals surface area contributed by atoms with Gasteiger partial charge in [-0.05, 0) is 18.1 Å². The molecule has 0 bridgehead atoms. The molecule has 1 aromatic carbocycles. The van der Waals surface area contributed by atoms with Crippen LogP contribution in [-0.4, -0.2) is 72.3 Å². The van der Waals surface area contributed by atoms with Crippen molar-refractivity contribution in [2.24, 2.45) is 0 Å². The number of carboxylic acid groups (broad SMARTS) is 1. The maximum absolute atomic E-state index is 11.4. The smallest absolute Gasteiger partial charge is 0.347 e. The number of aromatic nitrogens is 3. The standard InChI is InChI=1S/C22H25N7O5S2/c1-14-19(20(31)32)35-22(24-14)27-21-25-17(10-18(26-21)29-8-6-28(13-30)7-9-29)23-11-15-2-4-16(5-3-15)12-36(33)34/h2-5,10,13H,6-9,11-12H2,1H3,(H,31,32)(H,33,34)(H2,23,24,25,26,27). The highest BCUT2D eigenvalue weighted by Gasteiger charge is 2.20. The number of benzene rings is 1. The Labute approximate surface area is 213 Å². The average Bonchev–Trinajstić information content (AvgIpc) is 3.23. The van der Waals surface area contributed by atoms with E-state index in [9.17, 15) is 18.9 Å². The van der Waals surface area contributed by atoms with Gasteiger partial charge >= 0.3 is 5.97 Å². The summed E-state index contributed by atoms with van der Waals surface area (Å²) in [6.07, 6.45) is 0.839. The molecule has 190 valence electrons. The zero-order valence-corrected chi connectivity index (χ0v) is 21.0. The number of carboxylic acids is 1. The molecule has 0 spiro atoms. The lowest BCUT2D eigenvalue weighted by Crippen LogP contribution is -2.46. The molecule has 12 nitrogen and oxygen atoms in total. The summed E-state index contributed by atoms with van der Waals surface area (Å²) >= 11 is -0.883. The molecular formula is C22H25N7O5S2. The summed E-state index contributed by atoms with van der Waals surface area (Å²) in [5, 5.41) is 16.0. The zero-order chi connectivity index (χ0) is 25.7. The lowest BCUT2D eigenvalue weighted by molar-refractivity contribution is -0.118. The SMILES string of the molecule is Cc1nc(Nc2nc(NCc3ccc(CS(=O)O)cc3)cc(N3CCN(C=O)CC3)n2)sc1C(=O)O. The van der Waals surface area contributed by atoms with E-state index in [1.54, 1.807) is 24.0 Å². The van der Waals surface area contributed by atoms with E-state index in [-0.39, 0.29) is 16.6 Å². The number of rotatable bonds is 10. The van der Waals surface area contributed by atoms with Crippen LogP contribution in [-0.2, 0) is 28.2 Å². The lowest BCUT2D eigenvalue weighted by Gasteiger charge is -2.33. The fourth-order valence-corrected chi connectivity index (χ4v) is 4.91. The molecule has 36 heavy (non-hydrogen) atoms. The molecule has 1 aliphatic heterocycles. The summed E-state index contributed by atoms with van der Waals surface area (Å²) in [5.74, 6) is 0.508. The molecule has 1 aliphatic rings. The number of carbonyl (C=O) groups excluding carboxylic acids is 1. The fourth-order valence-electron chi connectivity index (χ4n) is 3.63. The second-order valence-electron chi connectivity index (χ2n) is 8.06. The van der Waals surface area contributed by atoms with Gasteiger partial charge in [0.05, 0.1) is 11.4 Å². The summed E-state index contributed by atoms with van der Waals surface area (Å²) in [6.45, 7) is 4.47. The number of piperazine rings is 1. The minimum absolute atomic E-state index is 0.0786. The van der Waals surface area contributed by atoms with Gasteiger partial charge in [0, 0.05) is 38.8 Å². The number of thiazole rings is 1. The third-order valence-electron chi connectivity index (χ3n) is 5.50. The first kappa shape index (κ1) is 25.5. The molecule has 3 aromatic rings. The molecule has 1 fully saturated rings. The van der Waals surface area contributed by atoms with Crippen molar-refractivity contribution in [1.82, 2.24) is 19.9 Å². The highest BCUT2D eigenvalue weighted by atomic mass is 32.2. The van der Waals surface area contributed by atoms with Crippen molar-refractivity contribution in [3.8, 4) is 0 Å². The minimum atomic E-state index is -1.89. The summed E-state index contributed by atoms with van der Waals surface area (Å²) < 4.78 is 20.0. The summed E-state index contributed by atoms with van der Waals surface area (Å²) in [6, 6.07) is 9.18. The van der Waals surface area contributed by atoms with Gasteiger partial charge < -0.3 is 24.8 Å². The molecule has 2 aromatic heterocycles. The van der Waals surface area contributed by atoms with Crippen LogP contribution in [0.5, 0.6) is 0 Å². The number of amides is 1. The molecular weight excluding hydrogens is 506 g/mol. The molecule has 0 radical (unpaired) electrons. The van der Waals surface area contributed by atoms with Gasteiger partial charge in [0.25, 0.3) is 0 Å². The Hall–Kier alpha value is -3.62. The number of nitrogens with zero attached hydrogens (tertiary/aromatic N) is 5. The highest BCUT2D eigenvalue weighted by molar-refractivity contribution is 7.78. The van der Waals surface area contributed by atoms with Gasteiger partial charge in [-0.2, -0.15) is 9.97 Å². The van der Waals surface area contributed by atoms with Crippen molar-refractivity contribution in [3.63, 3.8) is 0 Å². The third-order valence-corrected chi connectivity index (χ3v) is 7.14. The first-order valence-electron chi connectivity index (χ1n) is 11.0. The number of hydrogen-bond donors (Lipinski definition) is 4. The Morgan fingerprint density at radius 2 is 1.83 bits per heavy atom. The minimum Gasteiger partial charge on any atom is -0.477 e. The van der Waals surface area contributed by atoms with Crippen LogP contribution in [0.4, 0.5) is 22.7 Å². The van der Waals surface area contributed by atoms with Gasteiger partial charge in [0.15, 0.2) is 16.2 Å². The summed E-state index contributed by atoms with van der Waals surface area (Å²) in [4.78, 5) is 39.8. The van der Waals surface area contributed by atoms with Crippen LogP contribution < -0.4 is 15.5 Å². The van der Waals surface area contributed by atoms with Crippen molar-refractivity contribution in [2.75, 3.05) is 41.7 Å². The predicted octanol–water partition coefficient (Wildman–Crippen LogP) is 2.30. The van der Waals surface area contributed by atoms with Crippen molar-refractivity contribution < 1.29 is 23.5 Å². The Bertz CT molecular complexity index is 1260. The molecule has 4 N–H and O–H groups in total. The molecule has 1 saturated heterocycles. The molecule has 4 rings (SSSR count). The van der Waals surface area contributed by atoms with Gasteiger partial charge in [-0.25, -0.2) is 14.0 Å². The topological polar surface area (TPSA) is 161 Å². The first-order chi connectivity index (χ1) is 17.3. The molecule has 3 heterocycles. The van der Waals surface area contributed by atoms with E-state index >= 15 is 0 Å². The second kappa shape index (κ2) is 11.4. The van der Waals surface area contributed by atoms with E-state index in [2.05, 4.69) is 30.5 Å². The molecule has 1 atom stereocenters. The number of anilines is 4. The van der Waals surface area contributed by atoms with Gasteiger partial charge in [-0.15, -0.1) is 0 Å². The quantitative estimate of drug-likeness (QED) is 0.224. The van der Waals surface area contributed by atoms with Crippen molar-refractivity contribution in [1.29, 1.82) is 0 Å². The lowest BCUT2D eigenvalue weighted by atomic mass is 10.1. The largest absolute Gasteiger partial charge is 0.477 e. The van der Waals surface area contributed by atoms with E-state index in [4.69, 9.17) is 4.55 Å². The van der Waals surface area contributed by atoms with Crippen LogP contribution in [0.3, 0.4) is 0 Å². The maximum atomic E-state index is 11.4. The number of aromatic carboxylic acids is 1. The van der Waals surface area contributed by atoms with Gasteiger partial charge in [-0.1, -0.05) is 35.6 Å². The molecule has 0 saturated carbocycles. The fraction of sp³-hybridized carbons (Fsp3) is 0.318. The van der Waals surface area contributed by atoms with Crippen molar-refractivity contribution >= 4 is 57.5 Å². The Balaban J connectivity index is 1.54. The number of hydrogen-bond acceptors (Lipinski definition) is 10. The van der Waals surface area contributed by atoms with Crippen LogP contribution in [0, 0.1) is 6.92 Å². The van der Waals surface area contributed by atoms with Gasteiger partial charge in [-0.3, -0.25) is 10.1 Å². The van der Waals surface area contributed by atoms with Gasteiger partial charge in [0.1, 0.15) is 16.5 Å². The molecule has 14 heteroatoms. The van der Waals surface area contributed by atoms with Crippen LogP contribution in [0.1, 0.15) is 26.5 Å².